The van der Waals surface area contributed by atoms with E-state index in [2.05, 4.69) is 39.6 Å². The van der Waals surface area contributed by atoms with Gasteiger partial charge in [-0.3, -0.25) is 0 Å². The van der Waals surface area contributed by atoms with Gasteiger partial charge in [0.25, 0.3) is 0 Å². The molecule has 0 saturated carbocycles. The van der Waals surface area contributed by atoms with Gasteiger partial charge < -0.3 is 14.4 Å². The molecule has 0 spiro atoms. The third-order valence-corrected chi connectivity index (χ3v) is 7.43. The Hall–Kier alpha value is -3.10. The van der Waals surface area contributed by atoms with Gasteiger partial charge in [0.2, 0.25) is 5.88 Å². The number of fused-ring (bicyclic) bond motifs is 1. The molecule has 1 aliphatic rings. The summed E-state index contributed by atoms with van der Waals surface area (Å²) >= 11 is 1.60. The maximum atomic E-state index is 15.3. The number of hydrogen-bond donors (Lipinski definition) is 0. The standard InChI is InChI=1S/C26H29FN4O2S/c1-16(6-7-23(28-4)32-5)18(3)19-13-20(21(27)12-17(19)2)25-26-22(29-15-30-25)14-24(34-26)31-8-10-33-11-9-31/h6-7,12-15,18H,4,8-11H2,1-3,5H3/b16-6+,23-7+. The van der Waals surface area contributed by atoms with Crippen molar-refractivity contribution < 1.29 is 13.9 Å². The van der Waals surface area contributed by atoms with Gasteiger partial charge in [0.05, 0.1) is 41.2 Å². The molecule has 3 aromatic rings. The second kappa shape index (κ2) is 10.4. The van der Waals surface area contributed by atoms with Gasteiger partial charge in [0, 0.05) is 30.6 Å². The van der Waals surface area contributed by atoms with Crippen LogP contribution in [0.3, 0.4) is 0 Å². The number of methoxy groups -OCH3 is 1. The summed E-state index contributed by atoms with van der Waals surface area (Å²) in [7, 11) is 1.56. The quantitative estimate of drug-likeness (QED) is 0.240. The summed E-state index contributed by atoms with van der Waals surface area (Å²) < 4.78 is 26.8. The molecule has 0 bridgehead atoms. The first-order chi connectivity index (χ1) is 16.4. The molecule has 178 valence electrons. The lowest BCUT2D eigenvalue weighted by Gasteiger charge is -2.27. The molecule has 1 atom stereocenters. The SMILES string of the molecule is C=N/C(=C\C=C(/C)C(C)c1cc(-c2ncnc3cc(N4CCOCC4)sc23)c(F)cc1C)OC. The van der Waals surface area contributed by atoms with Gasteiger partial charge in [0.15, 0.2) is 0 Å². The highest BCUT2D eigenvalue weighted by Crippen LogP contribution is 2.39. The van der Waals surface area contributed by atoms with E-state index < -0.39 is 0 Å². The number of hydrogen-bond acceptors (Lipinski definition) is 7. The molecule has 8 heteroatoms. The summed E-state index contributed by atoms with van der Waals surface area (Å²) in [6.45, 7) is 12.7. The Morgan fingerprint density at radius 1 is 1.26 bits per heavy atom. The summed E-state index contributed by atoms with van der Waals surface area (Å²) in [6, 6.07) is 5.59. The van der Waals surface area contributed by atoms with Gasteiger partial charge in [-0.15, -0.1) is 11.3 Å². The predicted octanol–water partition coefficient (Wildman–Crippen LogP) is 5.88. The number of halogens is 1. The third-order valence-electron chi connectivity index (χ3n) is 6.24. The van der Waals surface area contributed by atoms with Gasteiger partial charge in [0.1, 0.15) is 12.1 Å². The average Bonchev–Trinajstić information content (AvgIpc) is 3.30. The predicted molar refractivity (Wildman–Crippen MR) is 137 cm³/mol. The third kappa shape index (κ3) is 4.88. The lowest BCUT2D eigenvalue weighted by molar-refractivity contribution is 0.123. The number of nitrogens with zero attached hydrogens (tertiary/aromatic N) is 4. The molecule has 4 rings (SSSR count). The summed E-state index contributed by atoms with van der Waals surface area (Å²) in [4.78, 5) is 15.1. The lowest BCUT2D eigenvalue weighted by Crippen LogP contribution is -2.35. The topological polar surface area (TPSA) is 59.8 Å². The molecule has 34 heavy (non-hydrogen) atoms. The Morgan fingerprint density at radius 3 is 2.74 bits per heavy atom. The van der Waals surface area contributed by atoms with E-state index in [1.165, 1.54) is 6.33 Å². The number of aryl methyl sites for hydroxylation is 1. The van der Waals surface area contributed by atoms with Crippen molar-refractivity contribution in [2.75, 3.05) is 38.3 Å². The van der Waals surface area contributed by atoms with Gasteiger partial charge in [-0.2, -0.15) is 0 Å². The fourth-order valence-electron chi connectivity index (χ4n) is 4.09. The highest BCUT2D eigenvalue weighted by atomic mass is 32.1. The van der Waals surface area contributed by atoms with E-state index in [-0.39, 0.29) is 11.7 Å². The van der Waals surface area contributed by atoms with Crippen LogP contribution in [0.2, 0.25) is 0 Å². The number of benzene rings is 1. The zero-order valence-corrected chi connectivity index (χ0v) is 20.8. The summed E-state index contributed by atoms with van der Waals surface area (Å²) in [5.74, 6) is 0.220. The first-order valence-corrected chi connectivity index (χ1v) is 12.0. The molecule has 0 radical (unpaired) electrons. The molecular weight excluding hydrogens is 451 g/mol. The fraction of sp³-hybridized carbons (Fsp3) is 0.346. The van der Waals surface area contributed by atoms with Crippen molar-refractivity contribution in [1.82, 2.24) is 9.97 Å². The molecule has 0 aliphatic carbocycles. The van der Waals surface area contributed by atoms with Crippen molar-refractivity contribution in [1.29, 1.82) is 0 Å². The molecule has 6 nitrogen and oxygen atoms in total. The number of aromatic nitrogens is 2. The van der Waals surface area contributed by atoms with Gasteiger partial charge in [-0.25, -0.2) is 19.4 Å². The van der Waals surface area contributed by atoms with E-state index in [0.29, 0.717) is 30.4 Å². The zero-order valence-electron chi connectivity index (χ0n) is 20.0. The van der Waals surface area contributed by atoms with Crippen molar-refractivity contribution in [2.45, 2.75) is 26.7 Å². The fourth-order valence-corrected chi connectivity index (χ4v) is 5.26. The molecule has 0 amide bonds. The molecular formula is C26H29FN4O2S. The average molecular weight is 481 g/mol. The number of anilines is 1. The van der Waals surface area contributed by atoms with Crippen LogP contribution in [0.1, 0.15) is 30.9 Å². The number of rotatable bonds is 7. The van der Waals surface area contributed by atoms with Crippen molar-refractivity contribution in [2.24, 2.45) is 4.99 Å². The van der Waals surface area contributed by atoms with Crippen molar-refractivity contribution in [3.05, 3.63) is 65.1 Å². The van der Waals surface area contributed by atoms with E-state index in [9.17, 15) is 0 Å². The van der Waals surface area contributed by atoms with Crippen LogP contribution in [0.15, 0.2) is 53.1 Å². The Bertz CT molecular complexity index is 1260. The molecule has 1 fully saturated rings. The number of ether oxygens (including phenoxy) is 2. The molecule has 0 N–H and O–H groups in total. The second-order valence-electron chi connectivity index (χ2n) is 8.31. The maximum Gasteiger partial charge on any atom is 0.212 e. The van der Waals surface area contributed by atoms with Crippen LogP contribution >= 0.6 is 11.3 Å². The first kappa shape index (κ1) is 24.0. The highest BCUT2D eigenvalue weighted by Gasteiger charge is 2.21. The van der Waals surface area contributed by atoms with Crippen molar-refractivity contribution in [3.63, 3.8) is 0 Å². The zero-order chi connectivity index (χ0) is 24.2. The van der Waals surface area contributed by atoms with E-state index in [1.54, 1.807) is 30.6 Å². The van der Waals surface area contributed by atoms with Gasteiger partial charge >= 0.3 is 0 Å². The van der Waals surface area contributed by atoms with Crippen LogP contribution in [-0.2, 0) is 9.47 Å². The number of aliphatic imine (C=N–C) groups is 1. The molecule has 1 aromatic carbocycles. The largest absolute Gasteiger partial charge is 0.481 e. The van der Waals surface area contributed by atoms with Crippen LogP contribution < -0.4 is 4.90 Å². The van der Waals surface area contributed by atoms with E-state index in [0.717, 1.165) is 45.0 Å². The van der Waals surface area contributed by atoms with Crippen LogP contribution in [0, 0.1) is 12.7 Å². The first-order valence-electron chi connectivity index (χ1n) is 11.2. The molecule has 1 unspecified atom stereocenters. The van der Waals surface area contributed by atoms with Gasteiger partial charge in [-0.05, 0) is 49.9 Å². The Labute approximate surface area is 203 Å². The van der Waals surface area contributed by atoms with Crippen LogP contribution in [0.4, 0.5) is 9.39 Å². The molecule has 3 heterocycles. The van der Waals surface area contributed by atoms with Crippen LogP contribution in [0.5, 0.6) is 0 Å². The summed E-state index contributed by atoms with van der Waals surface area (Å²) in [5, 5.41) is 1.11. The van der Waals surface area contributed by atoms with E-state index in [4.69, 9.17) is 9.47 Å². The lowest BCUT2D eigenvalue weighted by atomic mass is 9.88. The summed E-state index contributed by atoms with van der Waals surface area (Å²) in [5.41, 5.74) is 4.97. The van der Waals surface area contributed by atoms with Gasteiger partial charge in [-0.1, -0.05) is 18.6 Å². The number of thiophene rings is 1. The highest BCUT2D eigenvalue weighted by molar-refractivity contribution is 7.23. The Balaban J connectivity index is 1.75. The summed E-state index contributed by atoms with van der Waals surface area (Å²) in [6.07, 6.45) is 5.25. The van der Waals surface area contributed by atoms with E-state index >= 15 is 4.39 Å². The minimum absolute atomic E-state index is 0.0584. The number of allylic oxidation sites excluding steroid dienone is 3. The maximum absolute atomic E-state index is 15.3. The Kier molecular flexibility index (Phi) is 7.38. The minimum Gasteiger partial charge on any atom is -0.481 e. The van der Waals surface area contributed by atoms with Crippen molar-refractivity contribution >= 4 is 33.3 Å². The van der Waals surface area contributed by atoms with Crippen LogP contribution in [0.25, 0.3) is 21.5 Å². The number of morpholine rings is 1. The van der Waals surface area contributed by atoms with Crippen LogP contribution in [-0.4, -0.2) is 50.1 Å². The Morgan fingerprint density at radius 2 is 2.03 bits per heavy atom. The smallest absolute Gasteiger partial charge is 0.212 e. The molecule has 1 saturated heterocycles. The van der Waals surface area contributed by atoms with E-state index in [1.807, 2.05) is 26.0 Å². The normalized spacial score (nSPS) is 16.1. The molecule has 2 aromatic heterocycles. The monoisotopic (exact) mass is 480 g/mol. The molecule has 1 aliphatic heterocycles. The second-order valence-corrected chi connectivity index (χ2v) is 9.34. The minimum atomic E-state index is -0.283. The van der Waals surface area contributed by atoms with Crippen molar-refractivity contribution in [3.8, 4) is 11.3 Å².